The van der Waals surface area contributed by atoms with Crippen molar-refractivity contribution in [3.8, 4) is 0 Å². The van der Waals surface area contributed by atoms with Crippen LogP contribution in [0.4, 0.5) is 5.82 Å². The van der Waals surface area contributed by atoms with E-state index in [9.17, 15) is 0 Å². The molecule has 0 amide bonds. The zero-order valence-electron chi connectivity index (χ0n) is 11.8. The molecule has 1 aliphatic rings. The topological polar surface area (TPSA) is 55.7 Å². The van der Waals surface area contributed by atoms with Crippen LogP contribution in [0.15, 0.2) is 12.1 Å². The fourth-order valence-corrected chi connectivity index (χ4v) is 2.15. The van der Waals surface area contributed by atoms with E-state index in [1.54, 1.807) is 0 Å². The van der Waals surface area contributed by atoms with Crippen molar-refractivity contribution in [1.29, 1.82) is 0 Å². The fraction of sp³-hybridized carbons (Fsp3) is 0.692. The molecule has 1 N–H and O–H groups in total. The van der Waals surface area contributed by atoms with Gasteiger partial charge in [-0.25, -0.2) is 0 Å². The van der Waals surface area contributed by atoms with Crippen molar-refractivity contribution in [2.75, 3.05) is 58.3 Å². The number of hydrogen-bond donors (Lipinski definition) is 1. The summed E-state index contributed by atoms with van der Waals surface area (Å²) in [6.45, 7) is 6.28. The number of hydrogen-bond acceptors (Lipinski definition) is 6. The van der Waals surface area contributed by atoms with Crippen LogP contribution in [0.5, 0.6) is 0 Å². The molecule has 1 aromatic heterocycles. The van der Waals surface area contributed by atoms with E-state index in [0.717, 1.165) is 45.1 Å². The smallest absolute Gasteiger partial charge is 0.151 e. The molecule has 0 aromatic carbocycles. The molecule has 6 nitrogen and oxygen atoms in total. The van der Waals surface area contributed by atoms with Gasteiger partial charge in [0.1, 0.15) is 0 Å². The number of aliphatic hydroxyl groups is 1. The molecule has 1 saturated heterocycles. The molecule has 1 fully saturated rings. The lowest BCUT2D eigenvalue weighted by molar-refractivity contribution is 0.229. The van der Waals surface area contributed by atoms with Gasteiger partial charge in [0, 0.05) is 39.3 Å². The van der Waals surface area contributed by atoms with Crippen LogP contribution in [0, 0.1) is 0 Å². The highest BCUT2D eigenvalue weighted by Crippen LogP contribution is 2.12. The number of likely N-dealkylation sites (N-methyl/N-ethyl adjacent to an activating group) is 1. The Hall–Kier alpha value is -1.24. The molecule has 2 rings (SSSR count). The van der Waals surface area contributed by atoms with Crippen molar-refractivity contribution in [2.45, 2.75) is 6.61 Å². The van der Waals surface area contributed by atoms with Crippen LogP contribution in [-0.2, 0) is 6.61 Å². The fourth-order valence-electron chi connectivity index (χ4n) is 2.15. The van der Waals surface area contributed by atoms with Crippen LogP contribution >= 0.6 is 0 Å². The van der Waals surface area contributed by atoms with Gasteiger partial charge in [0.15, 0.2) is 5.82 Å². The maximum absolute atomic E-state index is 8.95. The zero-order valence-corrected chi connectivity index (χ0v) is 11.8. The van der Waals surface area contributed by atoms with Gasteiger partial charge in [0.2, 0.25) is 0 Å². The highest BCUT2D eigenvalue weighted by Gasteiger charge is 2.17. The zero-order chi connectivity index (χ0) is 13.7. The molecule has 19 heavy (non-hydrogen) atoms. The van der Waals surface area contributed by atoms with Crippen LogP contribution in [0.1, 0.15) is 5.69 Å². The summed E-state index contributed by atoms with van der Waals surface area (Å²) in [6.07, 6.45) is 0. The van der Waals surface area contributed by atoms with Gasteiger partial charge in [-0.05, 0) is 26.2 Å². The Labute approximate surface area is 114 Å². The monoisotopic (exact) mass is 265 g/mol. The first-order valence-electron chi connectivity index (χ1n) is 6.74. The molecule has 0 radical (unpaired) electrons. The summed E-state index contributed by atoms with van der Waals surface area (Å²) >= 11 is 0. The Morgan fingerprint density at radius 2 is 1.89 bits per heavy atom. The molecule has 6 heteroatoms. The van der Waals surface area contributed by atoms with Gasteiger partial charge in [-0.15, -0.1) is 5.10 Å². The molecular formula is C13H23N5O. The second kappa shape index (κ2) is 6.79. The third-order valence-corrected chi connectivity index (χ3v) is 3.43. The first kappa shape index (κ1) is 14.2. The van der Waals surface area contributed by atoms with E-state index in [2.05, 4.69) is 39.0 Å². The van der Waals surface area contributed by atoms with E-state index in [1.807, 2.05) is 12.1 Å². The number of anilines is 1. The van der Waals surface area contributed by atoms with Gasteiger partial charge in [0.05, 0.1) is 12.3 Å². The Bertz CT molecular complexity index is 373. The lowest BCUT2D eigenvalue weighted by Gasteiger charge is -2.35. The predicted molar refractivity (Wildman–Crippen MR) is 75.2 cm³/mol. The maximum atomic E-state index is 8.95. The van der Waals surface area contributed by atoms with Gasteiger partial charge < -0.3 is 14.9 Å². The number of aliphatic hydroxyl groups excluding tert-OH is 1. The van der Waals surface area contributed by atoms with Crippen LogP contribution in [0.2, 0.25) is 0 Å². The van der Waals surface area contributed by atoms with Crippen molar-refractivity contribution in [3.63, 3.8) is 0 Å². The summed E-state index contributed by atoms with van der Waals surface area (Å²) in [5, 5.41) is 17.1. The Balaban J connectivity index is 1.81. The maximum Gasteiger partial charge on any atom is 0.151 e. The summed E-state index contributed by atoms with van der Waals surface area (Å²) < 4.78 is 0. The molecule has 0 spiro atoms. The van der Waals surface area contributed by atoms with Crippen molar-refractivity contribution < 1.29 is 5.11 Å². The molecule has 106 valence electrons. The average Bonchev–Trinajstić information content (AvgIpc) is 2.46. The SMILES string of the molecule is CN(C)CCN1CCN(c2ccc(CO)nn2)CC1. The number of rotatable bonds is 5. The number of piperazine rings is 1. The van der Waals surface area contributed by atoms with E-state index < -0.39 is 0 Å². The molecule has 0 aliphatic carbocycles. The summed E-state index contributed by atoms with van der Waals surface area (Å²) in [5.74, 6) is 0.907. The highest BCUT2D eigenvalue weighted by molar-refractivity contribution is 5.37. The summed E-state index contributed by atoms with van der Waals surface area (Å²) in [7, 11) is 4.21. The first-order valence-corrected chi connectivity index (χ1v) is 6.74. The van der Waals surface area contributed by atoms with Gasteiger partial charge in [-0.1, -0.05) is 0 Å². The van der Waals surface area contributed by atoms with E-state index in [0.29, 0.717) is 5.69 Å². The van der Waals surface area contributed by atoms with Crippen molar-refractivity contribution >= 4 is 5.82 Å². The highest BCUT2D eigenvalue weighted by atomic mass is 16.3. The largest absolute Gasteiger partial charge is 0.390 e. The third-order valence-electron chi connectivity index (χ3n) is 3.43. The second-order valence-electron chi connectivity index (χ2n) is 5.17. The van der Waals surface area contributed by atoms with Gasteiger partial charge in [0.25, 0.3) is 0 Å². The van der Waals surface area contributed by atoms with Gasteiger partial charge in [-0.3, -0.25) is 4.90 Å². The lowest BCUT2D eigenvalue weighted by Crippen LogP contribution is -2.48. The van der Waals surface area contributed by atoms with E-state index in [1.165, 1.54) is 0 Å². The number of nitrogens with zero attached hydrogens (tertiary/aromatic N) is 5. The van der Waals surface area contributed by atoms with E-state index in [-0.39, 0.29) is 6.61 Å². The first-order chi connectivity index (χ1) is 9.19. The lowest BCUT2D eigenvalue weighted by atomic mass is 10.3. The van der Waals surface area contributed by atoms with Crippen molar-refractivity contribution in [3.05, 3.63) is 17.8 Å². The molecular weight excluding hydrogens is 242 g/mol. The summed E-state index contributed by atoms with van der Waals surface area (Å²) in [5.41, 5.74) is 0.619. The van der Waals surface area contributed by atoms with Crippen LogP contribution in [-0.4, -0.2) is 78.5 Å². The van der Waals surface area contributed by atoms with E-state index in [4.69, 9.17) is 5.11 Å². The standard InChI is InChI=1S/C13H23N5O/c1-16(2)5-6-17-7-9-18(10-8-17)13-4-3-12(11-19)14-15-13/h3-4,19H,5-11H2,1-2H3. The Morgan fingerprint density at radius 1 is 1.16 bits per heavy atom. The number of aromatic nitrogens is 2. The minimum atomic E-state index is -0.0500. The minimum absolute atomic E-state index is 0.0500. The van der Waals surface area contributed by atoms with Crippen LogP contribution < -0.4 is 4.90 Å². The third kappa shape index (κ3) is 4.12. The summed E-state index contributed by atoms with van der Waals surface area (Å²) in [6, 6.07) is 3.77. The second-order valence-corrected chi connectivity index (χ2v) is 5.17. The van der Waals surface area contributed by atoms with E-state index >= 15 is 0 Å². The van der Waals surface area contributed by atoms with Crippen molar-refractivity contribution in [2.24, 2.45) is 0 Å². The molecule has 0 atom stereocenters. The minimum Gasteiger partial charge on any atom is -0.390 e. The quantitative estimate of drug-likeness (QED) is 0.785. The van der Waals surface area contributed by atoms with Crippen molar-refractivity contribution in [1.82, 2.24) is 20.0 Å². The van der Waals surface area contributed by atoms with Gasteiger partial charge in [-0.2, -0.15) is 5.10 Å². The average molecular weight is 265 g/mol. The molecule has 0 bridgehead atoms. The molecule has 0 unspecified atom stereocenters. The predicted octanol–water partition coefficient (Wildman–Crippen LogP) is -0.347. The van der Waals surface area contributed by atoms with Crippen LogP contribution in [0.3, 0.4) is 0 Å². The Morgan fingerprint density at radius 3 is 2.42 bits per heavy atom. The molecule has 0 saturated carbocycles. The molecule has 1 aromatic rings. The van der Waals surface area contributed by atoms with Crippen LogP contribution in [0.25, 0.3) is 0 Å². The molecule has 2 heterocycles. The Kier molecular flexibility index (Phi) is 5.07. The van der Waals surface area contributed by atoms with Gasteiger partial charge >= 0.3 is 0 Å². The molecule has 1 aliphatic heterocycles. The normalized spacial score (nSPS) is 17.2. The summed E-state index contributed by atoms with van der Waals surface area (Å²) in [4.78, 5) is 6.94.